The number of rotatable bonds is 2. The molecule has 0 N–H and O–H groups in total. The van der Waals surface area contributed by atoms with Gasteiger partial charge in [-0.1, -0.05) is 23.2 Å². The summed E-state index contributed by atoms with van der Waals surface area (Å²) in [6.07, 6.45) is 1.44. The van der Waals surface area contributed by atoms with Crippen LogP contribution in [0.25, 0.3) is 11.0 Å². The average molecular weight is 368 g/mol. The fourth-order valence-electron chi connectivity index (χ4n) is 2.84. The largest absolute Gasteiger partial charge is 0.323 e. The minimum absolute atomic E-state index is 0.114. The van der Waals surface area contributed by atoms with Crippen molar-refractivity contribution in [3.05, 3.63) is 28.0 Å². The van der Waals surface area contributed by atoms with Gasteiger partial charge < -0.3 is 4.57 Å². The van der Waals surface area contributed by atoms with Crippen molar-refractivity contribution < 1.29 is 8.42 Å². The standard InChI is InChI=1S/C13H13Cl3N2O2S/c14-6-13-17-11-4-9(15)10(16)5-12(11)18(13)8-2-1-3-21(19,20)7-8/h4-5,8H,1-3,6-7H2. The summed E-state index contributed by atoms with van der Waals surface area (Å²) in [5.74, 6) is 1.22. The molecule has 21 heavy (non-hydrogen) atoms. The van der Waals surface area contributed by atoms with E-state index in [9.17, 15) is 8.42 Å². The van der Waals surface area contributed by atoms with Gasteiger partial charge in [-0.3, -0.25) is 0 Å². The molecule has 1 aliphatic rings. The van der Waals surface area contributed by atoms with E-state index in [2.05, 4.69) is 4.98 Å². The van der Waals surface area contributed by atoms with Crippen LogP contribution in [0.3, 0.4) is 0 Å². The highest BCUT2D eigenvalue weighted by Crippen LogP contribution is 2.33. The van der Waals surface area contributed by atoms with E-state index in [1.807, 2.05) is 4.57 Å². The van der Waals surface area contributed by atoms with Crippen LogP contribution in [0.1, 0.15) is 24.7 Å². The highest BCUT2D eigenvalue weighted by atomic mass is 35.5. The van der Waals surface area contributed by atoms with Crippen LogP contribution in [0.15, 0.2) is 12.1 Å². The maximum absolute atomic E-state index is 11.9. The second-order valence-electron chi connectivity index (χ2n) is 5.20. The number of sulfone groups is 1. The predicted octanol–water partition coefficient (Wildman–Crippen LogP) is 3.83. The molecule has 1 aliphatic heterocycles. The molecule has 1 unspecified atom stereocenters. The Bertz CT molecular complexity index is 801. The molecule has 1 aromatic heterocycles. The van der Waals surface area contributed by atoms with Gasteiger partial charge in [-0.25, -0.2) is 13.4 Å². The Balaban J connectivity index is 2.18. The number of alkyl halides is 1. The second-order valence-corrected chi connectivity index (χ2v) is 8.51. The summed E-state index contributed by atoms with van der Waals surface area (Å²) in [6.45, 7) is 0. The van der Waals surface area contributed by atoms with Crippen molar-refractivity contribution in [2.24, 2.45) is 0 Å². The van der Waals surface area contributed by atoms with Crippen LogP contribution in [0.5, 0.6) is 0 Å². The number of nitrogens with zero attached hydrogens (tertiary/aromatic N) is 2. The third-order valence-electron chi connectivity index (χ3n) is 3.73. The zero-order valence-corrected chi connectivity index (χ0v) is 14.1. The number of aromatic nitrogens is 2. The Hall–Kier alpha value is -0.490. The van der Waals surface area contributed by atoms with E-state index in [1.54, 1.807) is 12.1 Å². The maximum atomic E-state index is 11.9. The molecule has 3 rings (SSSR count). The normalized spacial score (nSPS) is 21.8. The van der Waals surface area contributed by atoms with Gasteiger partial charge in [0, 0.05) is 6.04 Å². The van der Waals surface area contributed by atoms with Gasteiger partial charge in [0.05, 0.1) is 38.5 Å². The summed E-state index contributed by atoms with van der Waals surface area (Å²) in [5, 5.41) is 0.844. The van der Waals surface area contributed by atoms with Gasteiger partial charge >= 0.3 is 0 Å². The Morgan fingerprint density at radius 2 is 2.00 bits per heavy atom. The van der Waals surface area contributed by atoms with Crippen LogP contribution in [0, 0.1) is 0 Å². The van der Waals surface area contributed by atoms with Crippen molar-refractivity contribution in [3.63, 3.8) is 0 Å². The Kier molecular flexibility index (Phi) is 4.12. The van der Waals surface area contributed by atoms with Gasteiger partial charge in [-0.15, -0.1) is 11.6 Å². The molecular formula is C13H13Cl3N2O2S. The lowest BCUT2D eigenvalue weighted by Crippen LogP contribution is -2.28. The van der Waals surface area contributed by atoms with E-state index in [0.717, 1.165) is 11.9 Å². The molecule has 1 fully saturated rings. The third-order valence-corrected chi connectivity index (χ3v) is 6.49. The molecule has 2 aromatic rings. The van der Waals surface area contributed by atoms with Crippen LogP contribution in [-0.2, 0) is 15.7 Å². The lowest BCUT2D eigenvalue weighted by atomic mass is 10.1. The first-order chi connectivity index (χ1) is 9.91. The first kappa shape index (κ1) is 15.4. The zero-order chi connectivity index (χ0) is 15.2. The number of hydrogen-bond acceptors (Lipinski definition) is 3. The predicted molar refractivity (Wildman–Crippen MR) is 86.2 cm³/mol. The third kappa shape index (κ3) is 2.89. The molecule has 1 aromatic carbocycles. The topological polar surface area (TPSA) is 52.0 Å². The molecule has 2 heterocycles. The van der Waals surface area contributed by atoms with Gasteiger partial charge in [-0.05, 0) is 25.0 Å². The lowest BCUT2D eigenvalue weighted by Gasteiger charge is -2.25. The molecule has 4 nitrogen and oxygen atoms in total. The molecule has 1 saturated heterocycles. The van der Waals surface area contributed by atoms with E-state index in [4.69, 9.17) is 34.8 Å². The van der Waals surface area contributed by atoms with Gasteiger partial charge in [0.15, 0.2) is 9.84 Å². The van der Waals surface area contributed by atoms with Crippen molar-refractivity contribution in [2.75, 3.05) is 11.5 Å². The molecule has 8 heteroatoms. The fourth-order valence-corrected chi connectivity index (χ4v) is 5.02. The van der Waals surface area contributed by atoms with Gasteiger partial charge in [0.2, 0.25) is 0 Å². The molecule has 0 saturated carbocycles. The smallest absolute Gasteiger partial charge is 0.152 e. The molecule has 1 atom stereocenters. The number of imidazole rings is 1. The average Bonchev–Trinajstić information content (AvgIpc) is 2.75. The molecule has 0 radical (unpaired) electrons. The SMILES string of the molecule is O=S1(=O)CCCC(n2c(CCl)nc3cc(Cl)c(Cl)cc32)C1. The molecule has 0 bridgehead atoms. The summed E-state index contributed by atoms with van der Waals surface area (Å²) in [5.41, 5.74) is 1.46. The maximum Gasteiger partial charge on any atom is 0.152 e. The van der Waals surface area contributed by atoms with Crippen molar-refractivity contribution in [1.29, 1.82) is 0 Å². The minimum atomic E-state index is -3.02. The minimum Gasteiger partial charge on any atom is -0.323 e. The van der Waals surface area contributed by atoms with E-state index >= 15 is 0 Å². The summed E-state index contributed by atoms with van der Waals surface area (Å²) >= 11 is 18.1. The molecule has 0 aliphatic carbocycles. The summed E-state index contributed by atoms with van der Waals surface area (Å²) in [4.78, 5) is 4.45. The Morgan fingerprint density at radius 1 is 1.29 bits per heavy atom. The van der Waals surface area contributed by atoms with Crippen LogP contribution < -0.4 is 0 Å². The van der Waals surface area contributed by atoms with E-state index in [-0.39, 0.29) is 23.4 Å². The number of fused-ring (bicyclic) bond motifs is 1. The monoisotopic (exact) mass is 366 g/mol. The van der Waals surface area contributed by atoms with Crippen LogP contribution >= 0.6 is 34.8 Å². The molecule has 114 valence electrons. The van der Waals surface area contributed by atoms with Crippen molar-refractivity contribution in [2.45, 2.75) is 24.8 Å². The molecular weight excluding hydrogens is 355 g/mol. The number of benzene rings is 1. The molecule has 0 spiro atoms. The van der Waals surface area contributed by atoms with Crippen molar-refractivity contribution in [1.82, 2.24) is 9.55 Å². The summed E-state index contributed by atoms with van der Waals surface area (Å²) in [6, 6.07) is 3.26. The Morgan fingerprint density at radius 3 is 2.67 bits per heavy atom. The zero-order valence-electron chi connectivity index (χ0n) is 11.0. The van der Waals surface area contributed by atoms with E-state index in [1.165, 1.54) is 0 Å². The fraction of sp³-hybridized carbons (Fsp3) is 0.462. The van der Waals surface area contributed by atoms with Crippen molar-refractivity contribution in [3.8, 4) is 0 Å². The van der Waals surface area contributed by atoms with Crippen molar-refractivity contribution >= 4 is 55.7 Å². The summed E-state index contributed by atoms with van der Waals surface area (Å²) < 4.78 is 25.7. The highest BCUT2D eigenvalue weighted by Gasteiger charge is 2.29. The first-order valence-corrected chi connectivity index (χ1v) is 9.65. The van der Waals surface area contributed by atoms with Crippen LogP contribution in [0.2, 0.25) is 10.0 Å². The first-order valence-electron chi connectivity index (χ1n) is 6.53. The van der Waals surface area contributed by atoms with Crippen LogP contribution in [0.4, 0.5) is 0 Å². The van der Waals surface area contributed by atoms with Gasteiger partial charge in [0.25, 0.3) is 0 Å². The van der Waals surface area contributed by atoms with Gasteiger partial charge in [0.1, 0.15) is 5.82 Å². The number of halogens is 3. The van der Waals surface area contributed by atoms with E-state index < -0.39 is 9.84 Å². The summed E-state index contributed by atoms with van der Waals surface area (Å²) in [7, 11) is -3.02. The van der Waals surface area contributed by atoms with Crippen LogP contribution in [-0.4, -0.2) is 29.5 Å². The van der Waals surface area contributed by atoms with E-state index in [0.29, 0.717) is 27.8 Å². The quantitative estimate of drug-likeness (QED) is 0.758. The lowest BCUT2D eigenvalue weighted by molar-refractivity contribution is 0.471. The van der Waals surface area contributed by atoms with Gasteiger partial charge in [-0.2, -0.15) is 0 Å². The Labute approximate surface area is 137 Å². The molecule has 0 amide bonds. The number of hydrogen-bond donors (Lipinski definition) is 0. The highest BCUT2D eigenvalue weighted by molar-refractivity contribution is 7.91. The second kappa shape index (κ2) is 5.61.